The highest BCUT2D eigenvalue weighted by Crippen LogP contribution is 2.17. The predicted octanol–water partition coefficient (Wildman–Crippen LogP) is 1.81. The van der Waals surface area contributed by atoms with Crippen molar-refractivity contribution in [3.63, 3.8) is 0 Å². The first-order valence-corrected chi connectivity index (χ1v) is 4.68. The molecule has 0 aliphatic heterocycles. The molecule has 0 radical (unpaired) electrons. The second kappa shape index (κ2) is 3.92. The summed E-state index contributed by atoms with van der Waals surface area (Å²) in [5.41, 5.74) is 11.8. The van der Waals surface area contributed by atoms with E-state index in [4.69, 9.17) is 11.5 Å². The zero-order valence-corrected chi connectivity index (χ0v) is 9.19. The van der Waals surface area contributed by atoms with Gasteiger partial charge in [-0.05, 0) is 32.9 Å². The van der Waals surface area contributed by atoms with Gasteiger partial charge in [0.15, 0.2) is 0 Å². The van der Waals surface area contributed by atoms with Crippen LogP contribution >= 0.6 is 0 Å². The first-order valence-electron chi connectivity index (χ1n) is 4.68. The van der Waals surface area contributed by atoms with E-state index in [2.05, 4.69) is 11.8 Å². The van der Waals surface area contributed by atoms with Crippen molar-refractivity contribution in [3.8, 4) is 11.8 Å². The zero-order chi connectivity index (χ0) is 11.6. The Kier molecular flexibility index (Phi) is 3.01. The standard InChI is InChI=1S/C12H15FN2/c1-8-10(14)5-4-9(11(8)13)6-7-12(2,3)15/h4-5H,14-15H2,1-3H3. The molecule has 0 spiro atoms. The summed E-state index contributed by atoms with van der Waals surface area (Å²) in [5, 5.41) is 0. The van der Waals surface area contributed by atoms with Crippen LogP contribution in [0.25, 0.3) is 0 Å². The van der Waals surface area contributed by atoms with Crippen molar-refractivity contribution in [1.29, 1.82) is 0 Å². The van der Waals surface area contributed by atoms with Crippen LogP contribution in [0.2, 0.25) is 0 Å². The average Bonchev–Trinajstić information content (AvgIpc) is 2.12. The summed E-state index contributed by atoms with van der Waals surface area (Å²) in [4.78, 5) is 0. The summed E-state index contributed by atoms with van der Waals surface area (Å²) >= 11 is 0. The highest BCUT2D eigenvalue weighted by Gasteiger charge is 2.08. The highest BCUT2D eigenvalue weighted by atomic mass is 19.1. The van der Waals surface area contributed by atoms with Crippen LogP contribution in [0.3, 0.4) is 0 Å². The number of hydrogen-bond acceptors (Lipinski definition) is 2. The average molecular weight is 206 g/mol. The van der Waals surface area contributed by atoms with Gasteiger partial charge in [0.05, 0.1) is 11.1 Å². The fourth-order valence-corrected chi connectivity index (χ4v) is 1.02. The molecule has 0 amide bonds. The highest BCUT2D eigenvalue weighted by molar-refractivity contribution is 5.52. The second-order valence-corrected chi connectivity index (χ2v) is 4.11. The molecule has 3 heteroatoms. The number of rotatable bonds is 0. The molecule has 0 saturated carbocycles. The molecule has 0 saturated heterocycles. The van der Waals surface area contributed by atoms with Crippen molar-refractivity contribution in [2.24, 2.45) is 5.73 Å². The molecule has 0 aliphatic carbocycles. The van der Waals surface area contributed by atoms with Crippen molar-refractivity contribution >= 4 is 5.69 Å². The molecular formula is C12H15FN2. The van der Waals surface area contributed by atoms with Gasteiger partial charge >= 0.3 is 0 Å². The molecule has 0 aliphatic rings. The van der Waals surface area contributed by atoms with E-state index in [1.165, 1.54) is 0 Å². The normalized spacial score (nSPS) is 10.7. The monoisotopic (exact) mass is 206 g/mol. The summed E-state index contributed by atoms with van der Waals surface area (Å²) in [7, 11) is 0. The Morgan fingerprint density at radius 1 is 1.33 bits per heavy atom. The van der Waals surface area contributed by atoms with E-state index in [9.17, 15) is 4.39 Å². The Labute approximate surface area is 89.5 Å². The molecule has 0 unspecified atom stereocenters. The molecule has 0 bridgehead atoms. The van der Waals surface area contributed by atoms with E-state index in [-0.39, 0.29) is 5.82 Å². The number of anilines is 1. The van der Waals surface area contributed by atoms with E-state index in [0.717, 1.165) is 0 Å². The van der Waals surface area contributed by atoms with Crippen LogP contribution < -0.4 is 11.5 Å². The van der Waals surface area contributed by atoms with Gasteiger partial charge in [-0.15, -0.1) is 0 Å². The van der Waals surface area contributed by atoms with Gasteiger partial charge in [-0.1, -0.05) is 11.8 Å². The third-order valence-electron chi connectivity index (χ3n) is 1.95. The van der Waals surface area contributed by atoms with Crippen molar-refractivity contribution in [3.05, 3.63) is 29.1 Å². The maximum Gasteiger partial charge on any atom is 0.143 e. The van der Waals surface area contributed by atoms with Crippen molar-refractivity contribution in [1.82, 2.24) is 0 Å². The van der Waals surface area contributed by atoms with E-state index in [1.807, 2.05) is 0 Å². The van der Waals surface area contributed by atoms with Gasteiger partial charge in [0, 0.05) is 11.3 Å². The van der Waals surface area contributed by atoms with Gasteiger partial charge in [0.25, 0.3) is 0 Å². The molecule has 1 aromatic rings. The van der Waals surface area contributed by atoms with Crippen molar-refractivity contribution in [2.45, 2.75) is 26.3 Å². The van der Waals surface area contributed by atoms with Crippen LogP contribution in [0.1, 0.15) is 25.0 Å². The second-order valence-electron chi connectivity index (χ2n) is 4.11. The molecule has 80 valence electrons. The fraction of sp³-hybridized carbons (Fsp3) is 0.333. The molecule has 0 aromatic heterocycles. The molecule has 0 heterocycles. The first-order chi connectivity index (χ1) is 6.81. The fourth-order valence-electron chi connectivity index (χ4n) is 1.02. The van der Waals surface area contributed by atoms with Crippen LogP contribution in [0, 0.1) is 24.6 Å². The van der Waals surface area contributed by atoms with Gasteiger partial charge in [0.2, 0.25) is 0 Å². The Hall–Kier alpha value is -1.53. The lowest BCUT2D eigenvalue weighted by atomic mass is 10.1. The van der Waals surface area contributed by atoms with Gasteiger partial charge in [-0.3, -0.25) is 0 Å². The van der Waals surface area contributed by atoms with Gasteiger partial charge < -0.3 is 11.5 Å². The third kappa shape index (κ3) is 2.97. The Bertz CT molecular complexity index is 433. The van der Waals surface area contributed by atoms with Crippen LogP contribution in [0.5, 0.6) is 0 Å². The zero-order valence-electron chi connectivity index (χ0n) is 9.19. The largest absolute Gasteiger partial charge is 0.398 e. The number of halogens is 1. The summed E-state index contributed by atoms with van der Waals surface area (Å²) in [6.07, 6.45) is 0. The van der Waals surface area contributed by atoms with E-state index in [1.54, 1.807) is 32.9 Å². The van der Waals surface area contributed by atoms with Gasteiger partial charge in [-0.25, -0.2) is 4.39 Å². The minimum Gasteiger partial charge on any atom is -0.398 e. The number of nitrogens with two attached hydrogens (primary N) is 2. The lowest BCUT2D eigenvalue weighted by Crippen LogP contribution is -2.29. The maximum atomic E-state index is 13.6. The lowest BCUT2D eigenvalue weighted by molar-refractivity contribution is 0.615. The predicted molar refractivity (Wildman–Crippen MR) is 60.7 cm³/mol. The molecule has 0 fully saturated rings. The lowest BCUT2D eigenvalue weighted by Gasteiger charge is -2.08. The third-order valence-corrected chi connectivity index (χ3v) is 1.95. The SMILES string of the molecule is Cc1c(N)ccc(C#CC(C)(C)N)c1F. The van der Waals surface area contributed by atoms with E-state index in [0.29, 0.717) is 16.8 Å². The number of nitrogen functional groups attached to an aromatic ring is 1. The molecule has 15 heavy (non-hydrogen) atoms. The van der Waals surface area contributed by atoms with Gasteiger partial charge in [-0.2, -0.15) is 0 Å². The Balaban J connectivity index is 3.17. The first kappa shape index (κ1) is 11.5. The van der Waals surface area contributed by atoms with Crippen LogP contribution in [-0.2, 0) is 0 Å². The van der Waals surface area contributed by atoms with Crippen LogP contribution in [0.4, 0.5) is 10.1 Å². The minimum atomic E-state index is -0.623. The summed E-state index contributed by atoms with van der Waals surface area (Å²) < 4.78 is 13.6. The quantitative estimate of drug-likeness (QED) is 0.502. The van der Waals surface area contributed by atoms with Crippen molar-refractivity contribution in [2.75, 3.05) is 5.73 Å². The smallest absolute Gasteiger partial charge is 0.143 e. The number of hydrogen-bond donors (Lipinski definition) is 2. The molecule has 0 atom stereocenters. The topological polar surface area (TPSA) is 52.0 Å². The van der Waals surface area contributed by atoms with E-state index < -0.39 is 5.54 Å². The maximum absolute atomic E-state index is 13.6. The molecule has 1 rings (SSSR count). The Morgan fingerprint density at radius 3 is 2.47 bits per heavy atom. The van der Waals surface area contributed by atoms with Crippen LogP contribution in [-0.4, -0.2) is 5.54 Å². The summed E-state index contributed by atoms with van der Waals surface area (Å²) in [5.74, 6) is 5.12. The molecule has 1 aromatic carbocycles. The number of benzene rings is 1. The minimum absolute atomic E-state index is 0.334. The summed E-state index contributed by atoms with van der Waals surface area (Å²) in [6, 6.07) is 3.21. The summed E-state index contributed by atoms with van der Waals surface area (Å²) in [6.45, 7) is 5.16. The van der Waals surface area contributed by atoms with E-state index >= 15 is 0 Å². The van der Waals surface area contributed by atoms with Gasteiger partial charge in [0.1, 0.15) is 5.82 Å². The molecular weight excluding hydrogens is 191 g/mol. The molecule has 2 nitrogen and oxygen atoms in total. The molecule has 4 N–H and O–H groups in total. The van der Waals surface area contributed by atoms with Crippen LogP contribution in [0.15, 0.2) is 12.1 Å². The Morgan fingerprint density at radius 2 is 1.93 bits per heavy atom. The van der Waals surface area contributed by atoms with Crippen molar-refractivity contribution < 1.29 is 4.39 Å².